The molecule has 3 aromatic rings. The van der Waals surface area contributed by atoms with E-state index in [2.05, 4.69) is 39.2 Å². The lowest BCUT2D eigenvalue weighted by molar-refractivity contribution is -0.127. The summed E-state index contributed by atoms with van der Waals surface area (Å²) in [6.07, 6.45) is 3.60. The fourth-order valence-corrected chi connectivity index (χ4v) is 3.63. The second kappa shape index (κ2) is 8.12. The van der Waals surface area contributed by atoms with E-state index < -0.39 is 0 Å². The molecule has 0 radical (unpaired) electrons. The van der Waals surface area contributed by atoms with Gasteiger partial charge in [0.1, 0.15) is 0 Å². The van der Waals surface area contributed by atoms with Crippen LogP contribution in [0.25, 0.3) is 11.2 Å². The number of halogens is 1. The molecule has 5 nitrogen and oxygen atoms in total. The maximum absolute atomic E-state index is 12.3. The Bertz CT molecular complexity index is 882. The number of amides is 1. The number of thioether (sulfide) groups is 2. The maximum Gasteiger partial charge on any atom is 0.233 e. The Morgan fingerprint density at radius 3 is 2.80 bits per heavy atom. The number of nitrogens with one attached hydrogen (secondary N) is 1. The highest BCUT2D eigenvalue weighted by Crippen LogP contribution is 2.21. The van der Waals surface area contributed by atoms with Gasteiger partial charge in [-0.05, 0) is 30.0 Å². The van der Waals surface area contributed by atoms with E-state index in [1.807, 2.05) is 13.3 Å². The highest BCUT2D eigenvalue weighted by atomic mass is 35.5. The van der Waals surface area contributed by atoms with E-state index in [1.165, 1.54) is 16.7 Å². The van der Waals surface area contributed by atoms with Gasteiger partial charge in [0.25, 0.3) is 0 Å². The molecule has 0 aliphatic rings. The molecular weight excluding hydrogens is 376 g/mol. The molecule has 1 N–H and O–H groups in total. The van der Waals surface area contributed by atoms with Crippen molar-refractivity contribution in [2.24, 2.45) is 0 Å². The summed E-state index contributed by atoms with van der Waals surface area (Å²) in [7, 11) is 1.81. The summed E-state index contributed by atoms with van der Waals surface area (Å²) in [6, 6.07) is 10.0. The number of hydrogen-bond acceptors (Lipinski definition) is 5. The molecule has 3 rings (SSSR count). The Hall–Kier alpha value is -1.70. The largest absolute Gasteiger partial charge is 0.341 e. The number of pyridine rings is 1. The number of H-pyrrole nitrogens is 1. The lowest BCUT2D eigenvalue weighted by Crippen LogP contribution is -2.27. The van der Waals surface area contributed by atoms with Crippen molar-refractivity contribution in [2.45, 2.75) is 16.6 Å². The van der Waals surface area contributed by atoms with Crippen molar-refractivity contribution in [3.63, 3.8) is 0 Å². The van der Waals surface area contributed by atoms with Crippen LogP contribution in [0.4, 0.5) is 0 Å². The normalized spacial score (nSPS) is 11.0. The van der Waals surface area contributed by atoms with Gasteiger partial charge < -0.3 is 9.88 Å². The van der Waals surface area contributed by atoms with E-state index in [0.717, 1.165) is 11.1 Å². The van der Waals surface area contributed by atoms with Gasteiger partial charge in [-0.3, -0.25) is 4.79 Å². The summed E-state index contributed by atoms with van der Waals surface area (Å²) in [5.74, 6) is 0.359. The lowest BCUT2D eigenvalue weighted by atomic mass is 10.2. The average Bonchev–Trinajstić information content (AvgIpc) is 3.02. The van der Waals surface area contributed by atoms with Crippen molar-refractivity contribution in [3.8, 4) is 0 Å². The smallest absolute Gasteiger partial charge is 0.233 e. The van der Waals surface area contributed by atoms with Crippen molar-refractivity contribution in [1.82, 2.24) is 19.9 Å². The molecule has 2 heterocycles. The zero-order valence-corrected chi connectivity index (χ0v) is 16.2. The van der Waals surface area contributed by atoms with Gasteiger partial charge in [-0.1, -0.05) is 35.5 Å². The molecule has 0 aliphatic carbocycles. The molecule has 25 heavy (non-hydrogen) atoms. The van der Waals surface area contributed by atoms with E-state index in [4.69, 9.17) is 11.6 Å². The third kappa shape index (κ3) is 4.68. The molecule has 0 aliphatic heterocycles. The van der Waals surface area contributed by atoms with Gasteiger partial charge in [-0.15, -0.1) is 11.8 Å². The summed E-state index contributed by atoms with van der Waals surface area (Å²) in [5.41, 5.74) is 2.48. The van der Waals surface area contributed by atoms with Gasteiger partial charge in [-0.25, -0.2) is 9.97 Å². The third-order valence-electron chi connectivity index (χ3n) is 3.62. The summed E-state index contributed by atoms with van der Waals surface area (Å²) in [4.78, 5) is 26.9. The SMILES string of the molecule is CSc1ccc(CN(C)C(=O)CSc2nc3ncc(Cl)cc3[nH]2)cc1. The Balaban J connectivity index is 1.56. The first kappa shape index (κ1) is 18.1. The number of hydrogen-bond donors (Lipinski definition) is 1. The molecule has 1 aromatic carbocycles. The fourth-order valence-electron chi connectivity index (χ4n) is 2.25. The van der Waals surface area contributed by atoms with Gasteiger partial charge in [0, 0.05) is 24.7 Å². The molecule has 0 saturated carbocycles. The Kier molecular flexibility index (Phi) is 5.88. The van der Waals surface area contributed by atoms with E-state index in [-0.39, 0.29) is 5.91 Å². The van der Waals surface area contributed by atoms with Gasteiger partial charge in [0.2, 0.25) is 5.91 Å². The van der Waals surface area contributed by atoms with Crippen molar-refractivity contribution < 1.29 is 4.79 Å². The number of aromatic nitrogens is 3. The van der Waals surface area contributed by atoms with Gasteiger partial charge >= 0.3 is 0 Å². The molecule has 2 aromatic heterocycles. The summed E-state index contributed by atoms with van der Waals surface area (Å²) < 4.78 is 0. The molecule has 0 bridgehead atoms. The number of nitrogens with zero attached hydrogens (tertiary/aromatic N) is 3. The van der Waals surface area contributed by atoms with Crippen molar-refractivity contribution in [2.75, 3.05) is 19.1 Å². The first-order valence-electron chi connectivity index (χ1n) is 7.56. The number of carbonyl (C=O) groups is 1. The van der Waals surface area contributed by atoms with E-state index in [9.17, 15) is 4.79 Å². The minimum absolute atomic E-state index is 0.0467. The maximum atomic E-state index is 12.3. The highest BCUT2D eigenvalue weighted by molar-refractivity contribution is 7.99. The number of rotatable bonds is 6. The van der Waals surface area contributed by atoms with Crippen LogP contribution in [0.2, 0.25) is 5.02 Å². The summed E-state index contributed by atoms with van der Waals surface area (Å²) in [6.45, 7) is 0.589. The van der Waals surface area contributed by atoms with Crippen LogP contribution in [0, 0.1) is 0 Å². The van der Waals surface area contributed by atoms with Crippen LogP contribution in [0.3, 0.4) is 0 Å². The Morgan fingerprint density at radius 2 is 2.08 bits per heavy atom. The second-order valence-electron chi connectivity index (χ2n) is 5.45. The first-order valence-corrected chi connectivity index (χ1v) is 10.1. The molecule has 0 unspecified atom stereocenters. The van der Waals surface area contributed by atoms with Crippen LogP contribution < -0.4 is 0 Å². The zero-order valence-electron chi connectivity index (χ0n) is 13.8. The van der Waals surface area contributed by atoms with E-state index in [0.29, 0.717) is 28.1 Å². The molecule has 0 spiro atoms. The minimum atomic E-state index is 0.0467. The number of aromatic amines is 1. The average molecular weight is 393 g/mol. The lowest BCUT2D eigenvalue weighted by Gasteiger charge is -2.17. The van der Waals surface area contributed by atoms with E-state index >= 15 is 0 Å². The van der Waals surface area contributed by atoms with Crippen LogP contribution in [-0.4, -0.2) is 44.8 Å². The molecule has 130 valence electrons. The van der Waals surface area contributed by atoms with Crippen LogP contribution in [0.1, 0.15) is 5.56 Å². The number of benzene rings is 1. The molecule has 8 heteroatoms. The zero-order chi connectivity index (χ0) is 17.8. The van der Waals surface area contributed by atoms with Crippen LogP contribution in [-0.2, 0) is 11.3 Å². The van der Waals surface area contributed by atoms with Crippen LogP contribution in [0.15, 0.2) is 46.6 Å². The topological polar surface area (TPSA) is 61.9 Å². The fraction of sp³-hybridized carbons (Fsp3) is 0.235. The quantitative estimate of drug-likeness (QED) is 0.640. The first-order chi connectivity index (χ1) is 12.0. The second-order valence-corrected chi connectivity index (χ2v) is 7.73. The minimum Gasteiger partial charge on any atom is -0.341 e. The van der Waals surface area contributed by atoms with Gasteiger partial charge in [0.15, 0.2) is 10.8 Å². The Labute approximate surface area is 159 Å². The third-order valence-corrected chi connectivity index (χ3v) is 5.43. The standard InChI is InChI=1S/C17H17ClN4OS2/c1-22(9-11-3-5-13(24-2)6-4-11)15(23)10-25-17-20-14-7-12(18)8-19-16(14)21-17/h3-8H,9-10H2,1-2H3,(H,19,20,21). The predicted molar refractivity (Wildman–Crippen MR) is 104 cm³/mol. The Morgan fingerprint density at radius 1 is 1.32 bits per heavy atom. The number of imidazole rings is 1. The summed E-state index contributed by atoms with van der Waals surface area (Å²) >= 11 is 8.98. The van der Waals surface area contributed by atoms with Crippen molar-refractivity contribution in [3.05, 3.63) is 47.1 Å². The molecular formula is C17H17ClN4OS2. The van der Waals surface area contributed by atoms with Crippen molar-refractivity contribution in [1.29, 1.82) is 0 Å². The number of carbonyl (C=O) groups excluding carboxylic acids is 1. The molecule has 1 amide bonds. The van der Waals surface area contributed by atoms with Gasteiger partial charge in [-0.2, -0.15) is 0 Å². The van der Waals surface area contributed by atoms with Crippen LogP contribution >= 0.6 is 35.1 Å². The molecule has 0 atom stereocenters. The molecule has 0 fully saturated rings. The van der Waals surface area contributed by atoms with Crippen LogP contribution in [0.5, 0.6) is 0 Å². The monoisotopic (exact) mass is 392 g/mol. The highest BCUT2D eigenvalue weighted by Gasteiger charge is 2.12. The summed E-state index contributed by atoms with van der Waals surface area (Å²) in [5, 5.41) is 1.21. The van der Waals surface area contributed by atoms with E-state index in [1.54, 1.807) is 28.9 Å². The molecule has 0 saturated heterocycles. The number of fused-ring (bicyclic) bond motifs is 1. The predicted octanol–water partition coefficient (Wildman–Crippen LogP) is 4.08. The van der Waals surface area contributed by atoms with Gasteiger partial charge in [0.05, 0.1) is 16.3 Å². The van der Waals surface area contributed by atoms with Crippen molar-refractivity contribution >= 4 is 52.2 Å².